The molecule has 0 aliphatic heterocycles. The minimum absolute atomic E-state index is 0.377. The van der Waals surface area contributed by atoms with Gasteiger partial charge in [0.05, 0.1) is 0 Å². The van der Waals surface area contributed by atoms with E-state index >= 15 is 0 Å². The highest BCUT2D eigenvalue weighted by molar-refractivity contribution is 5.54. The van der Waals surface area contributed by atoms with Crippen molar-refractivity contribution in [3.05, 3.63) is 65.5 Å². The summed E-state index contributed by atoms with van der Waals surface area (Å²) in [4.78, 5) is 4.45. The topological polar surface area (TPSA) is 50.8 Å². The molecule has 0 spiro atoms. The van der Waals surface area contributed by atoms with Gasteiger partial charge in [-0.25, -0.2) is 4.98 Å². The van der Waals surface area contributed by atoms with Crippen molar-refractivity contribution in [3.8, 4) is 17.1 Å². The molecule has 3 rings (SSSR count). The van der Waals surface area contributed by atoms with E-state index in [0.29, 0.717) is 18.3 Å². The maximum Gasteiger partial charge on any atom is 0.181 e. The predicted molar refractivity (Wildman–Crippen MR) is 82.1 cm³/mol. The van der Waals surface area contributed by atoms with E-state index in [1.807, 2.05) is 55.5 Å². The monoisotopic (exact) mass is 279 g/mol. The van der Waals surface area contributed by atoms with Gasteiger partial charge in [-0.1, -0.05) is 47.5 Å². The van der Waals surface area contributed by atoms with Gasteiger partial charge in [0.15, 0.2) is 11.6 Å². The van der Waals surface area contributed by atoms with Gasteiger partial charge in [-0.15, -0.1) is 0 Å². The molecule has 0 saturated heterocycles. The van der Waals surface area contributed by atoms with E-state index in [4.69, 9.17) is 4.74 Å². The number of benzene rings is 2. The van der Waals surface area contributed by atoms with Gasteiger partial charge in [0, 0.05) is 5.56 Å². The van der Waals surface area contributed by atoms with E-state index < -0.39 is 0 Å². The summed E-state index contributed by atoms with van der Waals surface area (Å²) in [6, 6.07) is 16.1. The van der Waals surface area contributed by atoms with Crippen molar-refractivity contribution in [1.29, 1.82) is 0 Å². The lowest BCUT2D eigenvalue weighted by atomic mass is 10.1. The molecule has 106 valence electrons. The van der Waals surface area contributed by atoms with Crippen LogP contribution in [0.1, 0.15) is 17.0 Å². The molecule has 0 saturated carbocycles. The fourth-order valence-corrected chi connectivity index (χ4v) is 1.98. The molecular weight excluding hydrogens is 262 g/mol. The Kier molecular flexibility index (Phi) is 3.69. The third-order valence-electron chi connectivity index (χ3n) is 3.24. The fourth-order valence-electron chi connectivity index (χ4n) is 1.98. The van der Waals surface area contributed by atoms with Gasteiger partial charge < -0.3 is 4.74 Å². The number of ether oxygens (including phenoxy) is 1. The van der Waals surface area contributed by atoms with E-state index in [-0.39, 0.29) is 0 Å². The molecule has 0 radical (unpaired) electrons. The summed E-state index contributed by atoms with van der Waals surface area (Å²) < 4.78 is 5.68. The van der Waals surface area contributed by atoms with Crippen LogP contribution in [0.5, 0.6) is 5.75 Å². The highest BCUT2D eigenvalue weighted by Gasteiger charge is 2.06. The Morgan fingerprint density at radius 2 is 1.52 bits per heavy atom. The summed E-state index contributed by atoms with van der Waals surface area (Å²) in [6.45, 7) is 4.48. The number of hydrogen-bond acceptors (Lipinski definition) is 3. The fraction of sp³-hybridized carbons (Fsp3) is 0.176. The van der Waals surface area contributed by atoms with Crippen molar-refractivity contribution in [2.24, 2.45) is 0 Å². The highest BCUT2D eigenvalue weighted by Crippen LogP contribution is 2.16. The molecule has 2 aromatic carbocycles. The van der Waals surface area contributed by atoms with Gasteiger partial charge in [0.25, 0.3) is 0 Å². The number of H-pyrrole nitrogens is 1. The number of nitrogens with zero attached hydrogens (tertiary/aromatic N) is 2. The van der Waals surface area contributed by atoms with Crippen molar-refractivity contribution in [1.82, 2.24) is 15.2 Å². The quantitative estimate of drug-likeness (QED) is 0.792. The molecule has 0 aliphatic carbocycles. The second-order valence-electron chi connectivity index (χ2n) is 5.07. The Labute approximate surface area is 123 Å². The first-order valence-electron chi connectivity index (χ1n) is 6.88. The molecule has 1 heterocycles. The number of aromatic amines is 1. The third-order valence-corrected chi connectivity index (χ3v) is 3.24. The van der Waals surface area contributed by atoms with Crippen LogP contribution in [0.15, 0.2) is 48.5 Å². The van der Waals surface area contributed by atoms with E-state index in [9.17, 15) is 0 Å². The summed E-state index contributed by atoms with van der Waals surface area (Å²) in [6.07, 6.45) is 0. The molecular formula is C17H17N3O. The number of nitrogens with one attached hydrogen (secondary N) is 1. The van der Waals surface area contributed by atoms with Gasteiger partial charge in [-0.05, 0) is 26.0 Å². The van der Waals surface area contributed by atoms with E-state index in [1.54, 1.807) is 0 Å². The lowest BCUT2D eigenvalue weighted by Crippen LogP contribution is -1.97. The second-order valence-corrected chi connectivity index (χ2v) is 5.07. The lowest BCUT2D eigenvalue weighted by molar-refractivity contribution is 0.296. The Hall–Kier alpha value is -2.62. The van der Waals surface area contributed by atoms with E-state index in [1.165, 1.54) is 11.1 Å². The molecule has 4 heteroatoms. The summed E-state index contributed by atoms with van der Waals surface area (Å²) in [5.41, 5.74) is 3.43. The SMILES string of the molecule is Cc1ccc(OCc2nc(-c3ccc(C)cc3)n[nH]2)cc1. The summed E-state index contributed by atoms with van der Waals surface area (Å²) in [5, 5.41) is 7.14. The third kappa shape index (κ3) is 3.28. The summed E-state index contributed by atoms with van der Waals surface area (Å²) in [7, 11) is 0. The van der Waals surface area contributed by atoms with Crippen LogP contribution in [-0.4, -0.2) is 15.2 Å². The highest BCUT2D eigenvalue weighted by atomic mass is 16.5. The van der Waals surface area contributed by atoms with Gasteiger partial charge in [0.1, 0.15) is 12.4 Å². The predicted octanol–water partition coefficient (Wildman–Crippen LogP) is 3.67. The summed E-state index contributed by atoms with van der Waals surface area (Å²) in [5.74, 6) is 2.23. The zero-order chi connectivity index (χ0) is 14.7. The minimum Gasteiger partial charge on any atom is -0.486 e. The minimum atomic E-state index is 0.377. The van der Waals surface area contributed by atoms with Crippen LogP contribution in [0.25, 0.3) is 11.4 Å². The van der Waals surface area contributed by atoms with Gasteiger partial charge in [0.2, 0.25) is 0 Å². The Morgan fingerprint density at radius 3 is 2.19 bits per heavy atom. The average Bonchev–Trinajstić information content (AvgIpc) is 2.96. The zero-order valence-electron chi connectivity index (χ0n) is 12.1. The first-order valence-corrected chi connectivity index (χ1v) is 6.88. The number of rotatable bonds is 4. The molecule has 0 bridgehead atoms. The van der Waals surface area contributed by atoms with Crippen molar-refractivity contribution >= 4 is 0 Å². The normalized spacial score (nSPS) is 10.6. The summed E-state index contributed by atoms with van der Waals surface area (Å²) >= 11 is 0. The molecule has 0 fully saturated rings. The Balaban J connectivity index is 1.67. The number of aryl methyl sites for hydroxylation is 2. The van der Waals surface area contributed by atoms with Crippen LogP contribution in [-0.2, 0) is 6.61 Å². The number of hydrogen-bond donors (Lipinski definition) is 1. The van der Waals surface area contributed by atoms with Crippen LogP contribution < -0.4 is 4.74 Å². The molecule has 1 N–H and O–H groups in total. The molecule has 21 heavy (non-hydrogen) atoms. The van der Waals surface area contributed by atoms with E-state index in [2.05, 4.69) is 22.1 Å². The molecule has 0 aliphatic rings. The maximum absolute atomic E-state index is 5.68. The Bertz CT molecular complexity index is 715. The van der Waals surface area contributed by atoms with Crippen LogP contribution in [0.2, 0.25) is 0 Å². The maximum atomic E-state index is 5.68. The molecule has 4 nitrogen and oxygen atoms in total. The smallest absolute Gasteiger partial charge is 0.181 e. The van der Waals surface area contributed by atoms with Gasteiger partial charge in [-0.2, -0.15) is 5.10 Å². The molecule has 0 atom stereocenters. The standard InChI is InChI=1S/C17H17N3O/c1-12-3-7-14(8-4-12)17-18-16(19-20-17)11-21-15-9-5-13(2)6-10-15/h3-10H,11H2,1-2H3,(H,18,19,20). The van der Waals surface area contributed by atoms with Crippen molar-refractivity contribution in [3.63, 3.8) is 0 Å². The van der Waals surface area contributed by atoms with Crippen LogP contribution in [0.3, 0.4) is 0 Å². The average molecular weight is 279 g/mol. The van der Waals surface area contributed by atoms with Gasteiger partial charge in [-0.3, -0.25) is 5.10 Å². The van der Waals surface area contributed by atoms with Crippen molar-refractivity contribution in [2.75, 3.05) is 0 Å². The molecule has 0 amide bonds. The first-order chi connectivity index (χ1) is 10.2. The van der Waals surface area contributed by atoms with E-state index in [0.717, 1.165) is 11.3 Å². The van der Waals surface area contributed by atoms with Crippen LogP contribution >= 0.6 is 0 Å². The van der Waals surface area contributed by atoms with Crippen molar-refractivity contribution < 1.29 is 4.74 Å². The number of aromatic nitrogens is 3. The first kappa shape index (κ1) is 13.4. The molecule has 3 aromatic rings. The molecule has 0 unspecified atom stereocenters. The Morgan fingerprint density at radius 1 is 0.905 bits per heavy atom. The lowest BCUT2D eigenvalue weighted by Gasteiger charge is -2.03. The molecule has 1 aromatic heterocycles. The second kappa shape index (κ2) is 5.79. The van der Waals surface area contributed by atoms with Gasteiger partial charge >= 0.3 is 0 Å². The van der Waals surface area contributed by atoms with Crippen LogP contribution in [0, 0.1) is 13.8 Å². The van der Waals surface area contributed by atoms with Crippen molar-refractivity contribution in [2.45, 2.75) is 20.5 Å². The largest absolute Gasteiger partial charge is 0.486 e. The van der Waals surface area contributed by atoms with Crippen LogP contribution in [0.4, 0.5) is 0 Å². The zero-order valence-corrected chi connectivity index (χ0v) is 12.1.